The van der Waals surface area contributed by atoms with Crippen molar-refractivity contribution in [3.63, 3.8) is 0 Å². The van der Waals surface area contributed by atoms with E-state index < -0.39 is 0 Å². The number of aromatic nitrogens is 1. The molecule has 156 valence electrons. The van der Waals surface area contributed by atoms with Gasteiger partial charge in [-0.3, -0.25) is 10.2 Å². The number of anilines is 1. The maximum atomic E-state index is 14.2. The molecule has 8 heteroatoms. The minimum atomic E-state index is -0.129. The number of allylic oxidation sites excluding steroid dienone is 2. The average molecular weight is 416 g/mol. The fourth-order valence-corrected chi connectivity index (χ4v) is 5.60. The molecule has 1 aromatic rings. The maximum absolute atomic E-state index is 14.2. The number of carbonyl (C=O) groups excluding carboxylic acids is 1. The highest BCUT2D eigenvalue weighted by Crippen LogP contribution is 2.31. The molecule has 5 nitrogen and oxygen atoms in total. The van der Waals surface area contributed by atoms with E-state index in [9.17, 15) is 9.18 Å². The van der Waals surface area contributed by atoms with Crippen molar-refractivity contribution in [2.45, 2.75) is 69.5 Å². The van der Waals surface area contributed by atoms with Crippen LogP contribution in [0.1, 0.15) is 51.4 Å². The molecule has 2 amide bonds. The van der Waals surface area contributed by atoms with E-state index in [0.29, 0.717) is 11.2 Å². The van der Waals surface area contributed by atoms with Crippen LogP contribution in [0, 0.1) is 0 Å². The van der Waals surface area contributed by atoms with Gasteiger partial charge in [-0.25, -0.2) is 14.2 Å². The smallest absolute Gasteiger partial charge is 0.318 e. The van der Waals surface area contributed by atoms with Crippen molar-refractivity contribution < 1.29 is 9.18 Å². The normalized spacial score (nSPS) is 24.3. The highest BCUT2D eigenvalue weighted by Gasteiger charge is 2.36. The molecule has 1 saturated heterocycles. The monoisotopic (exact) mass is 416 g/mol. The summed E-state index contributed by atoms with van der Waals surface area (Å²) >= 11 is 1.51. The minimum Gasteiger partial charge on any atom is -0.318 e. The highest BCUT2D eigenvalue weighted by molar-refractivity contribution is 7.23. The van der Waals surface area contributed by atoms with E-state index >= 15 is 0 Å². The molecule has 3 aliphatic rings. The summed E-state index contributed by atoms with van der Waals surface area (Å²) in [6.07, 6.45) is 15.5. The van der Waals surface area contributed by atoms with Crippen LogP contribution >= 0.6 is 11.3 Å². The SMILES string of the molecule is Bc1cnc(NC(=O)N(C2CCCCC2)C2CCN(C3CC=CC=C3F)CC2)s1. The summed E-state index contributed by atoms with van der Waals surface area (Å²) < 4.78 is 15.3. The molecule has 29 heavy (non-hydrogen) atoms. The molecule has 0 bridgehead atoms. The van der Waals surface area contributed by atoms with E-state index in [2.05, 4.69) is 20.1 Å². The Bertz CT molecular complexity index is 768. The van der Waals surface area contributed by atoms with E-state index in [4.69, 9.17) is 0 Å². The zero-order valence-corrected chi connectivity index (χ0v) is 18.0. The molecule has 0 spiro atoms. The number of thiazole rings is 1. The topological polar surface area (TPSA) is 48.5 Å². The Balaban J connectivity index is 1.43. The van der Waals surface area contributed by atoms with Crippen LogP contribution < -0.4 is 10.1 Å². The summed E-state index contributed by atoms with van der Waals surface area (Å²) in [5, 5.41) is 3.71. The summed E-state index contributed by atoms with van der Waals surface area (Å²) in [5.74, 6) is -0.0352. The third kappa shape index (κ3) is 4.91. The molecule has 0 radical (unpaired) electrons. The predicted octanol–water partition coefficient (Wildman–Crippen LogP) is 3.21. The number of rotatable bonds is 4. The van der Waals surface area contributed by atoms with Gasteiger partial charge in [-0.05, 0) is 43.0 Å². The quantitative estimate of drug-likeness (QED) is 0.767. The predicted molar refractivity (Wildman–Crippen MR) is 119 cm³/mol. The molecule has 1 unspecified atom stereocenters. The van der Waals surface area contributed by atoms with E-state index in [1.54, 1.807) is 18.3 Å². The largest absolute Gasteiger partial charge is 0.324 e. The number of carbonyl (C=O) groups is 1. The van der Waals surface area contributed by atoms with Crippen molar-refractivity contribution >= 4 is 35.1 Å². The lowest BCUT2D eigenvalue weighted by Gasteiger charge is -2.45. The van der Waals surface area contributed by atoms with E-state index in [1.807, 2.05) is 13.9 Å². The van der Waals surface area contributed by atoms with Crippen molar-refractivity contribution in [3.05, 3.63) is 30.3 Å². The van der Waals surface area contributed by atoms with Crippen LogP contribution in [0.2, 0.25) is 0 Å². The number of likely N-dealkylation sites (tertiary alicyclic amines) is 1. The van der Waals surface area contributed by atoms with Gasteiger partial charge >= 0.3 is 6.03 Å². The van der Waals surface area contributed by atoms with Gasteiger partial charge in [0.05, 0.1) is 6.04 Å². The molecule has 1 atom stereocenters. The van der Waals surface area contributed by atoms with Gasteiger partial charge in [0.1, 0.15) is 5.83 Å². The van der Waals surface area contributed by atoms with E-state index in [0.717, 1.165) is 50.0 Å². The third-order valence-corrected chi connectivity index (χ3v) is 7.27. The number of nitrogens with one attached hydrogen (secondary N) is 1. The number of piperidine rings is 1. The number of nitrogens with zero attached hydrogens (tertiary/aromatic N) is 3. The van der Waals surface area contributed by atoms with Gasteiger partial charge in [-0.1, -0.05) is 31.4 Å². The molecule has 1 aliphatic heterocycles. The van der Waals surface area contributed by atoms with Crippen molar-refractivity contribution in [2.24, 2.45) is 0 Å². The van der Waals surface area contributed by atoms with Gasteiger partial charge < -0.3 is 4.90 Å². The summed E-state index contributed by atoms with van der Waals surface area (Å²) in [5.41, 5.74) is 0. The van der Waals surface area contributed by atoms with Gasteiger partial charge in [0.25, 0.3) is 0 Å². The number of halogens is 1. The Morgan fingerprint density at radius 2 is 1.93 bits per heavy atom. The molecule has 2 aliphatic carbocycles. The Kier molecular flexibility index (Phi) is 6.70. The molecule has 4 rings (SSSR count). The Hall–Kier alpha value is -1.67. The van der Waals surface area contributed by atoms with Crippen LogP contribution in [0.25, 0.3) is 0 Å². The van der Waals surface area contributed by atoms with Crippen molar-refractivity contribution in [2.75, 3.05) is 18.4 Å². The van der Waals surface area contributed by atoms with Crippen LogP contribution in [0.4, 0.5) is 14.3 Å². The Morgan fingerprint density at radius 1 is 1.21 bits per heavy atom. The number of hydrogen-bond acceptors (Lipinski definition) is 4. The maximum Gasteiger partial charge on any atom is 0.324 e. The first-order valence-corrected chi connectivity index (χ1v) is 11.7. The Morgan fingerprint density at radius 3 is 2.59 bits per heavy atom. The molecule has 1 aromatic heterocycles. The fraction of sp³-hybridized carbons (Fsp3) is 0.619. The Labute approximate surface area is 177 Å². The van der Waals surface area contributed by atoms with Crippen LogP contribution in [0.3, 0.4) is 0 Å². The van der Waals surface area contributed by atoms with Crippen molar-refractivity contribution in [1.82, 2.24) is 14.8 Å². The number of amides is 2. The summed E-state index contributed by atoms with van der Waals surface area (Å²) in [6, 6.07) is 0.366. The first-order valence-electron chi connectivity index (χ1n) is 10.9. The molecule has 2 fully saturated rings. The zero-order valence-electron chi connectivity index (χ0n) is 17.1. The standard InChI is InChI=1S/C21H30BFN4OS/c22-19-14-24-20(29-19)25-21(28)27(15-6-2-1-3-7-15)16-10-12-26(13-11-16)18-9-5-4-8-17(18)23/h4-5,8,14-16,18H,1-3,6-7,9-13,22H2,(H,24,25,28). The third-order valence-electron chi connectivity index (χ3n) is 6.44. The summed E-state index contributed by atoms with van der Waals surface area (Å²) in [4.78, 5) is 21.9. The second-order valence-corrected chi connectivity index (χ2v) is 9.64. The highest BCUT2D eigenvalue weighted by atomic mass is 32.1. The van der Waals surface area contributed by atoms with Crippen molar-refractivity contribution in [1.29, 1.82) is 0 Å². The summed E-state index contributed by atoms with van der Waals surface area (Å²) in [6.45, 7) is 1.66. The van der Waals surface area contributed by atoms with Gasteiger partial charge in [0.15, 0.2) is 13.0 Å². The molecular weight excluding hydrogens is 386 g/mol. The fourth-order valence-electron chi connectivity index (χ4n) is 4.95. The van der Waals surface area contributed by atoms with Gasteiger partial charge in [-0.2, -0.15) is 0 Å². The second-order valence-electron chi connectivity index (χ2n) is 8.40. The van der Waals surface area contributed by atoms with Crippen LogP contribution in [0.5, 0.6) is 0 Å². The molecule has 1 N–H and O–H groups in total. The molecule has 0 aromatic carbocycles. The second kappa shape index (κ2) is 9.43. The lowest BCUT2D eigenvalue weighted by Crippen LogP contribution is -2.54. The first-order chi connectivity index (χ1) is 14.1. The van der Waals surface area contributed by atoms with E-state index in [-0.39, 0.29) is 23.9 Å². The minimum absolute atomic E-state index is 0.0172. The van der Waals surface area contributed by atoms with Crippen LogP contribution in [-0.4, -0.2) is 59.9 Å². The lowest BCUT2D eigenvalue weighted by atomic mass is 9.91. The number of urea groups is 1. The molecule has 1 saturated carbocycles. The van der Waals surface area contributed by atoms with Crippen LogP contribution in [0.15, 0.2) is 30.3 Å². The molecule has 2 heterocycles. The first kappa shape index (κ1) is 20.6. The van der Waals surface area contributed by atoms with Gasteiger partial charge in [0.2, 0.25) is 0 Å². The van der Waals surface area contributed by atoms with E-state index in [1.165, 1.54) is 30.6 Å². The average Bonchev–Trinajstić information content (AvgIpc) is 3.14. The zero-order chi connectivity index (χ0) is 20.2. The molecular formula is C21H30BFN4OS. The summed E-state index contributed by atoms with van der Waals surface area (Å²) in [7, 11) is 2.00. The lowest BCUT2D eigenvalue weighted by molar-refractivity contribution is 0.0734. The van der Waals surface area contributed by atoms with Crippen molar-refractivity contribution in [3.8, 4) is 0 Å². The van der Waals surface area contributed by atoms with Crippen LogP contribution in [-0.2, 0) is 0 Å². The van der Waals surface area contributed by atoms with Gasteiger partial charge in [-0.15, -0.1) is 11.3 Å². The number of hydrogen-bond donors (Lipinski definition) is 1. The van der Waals surface area contributed by atoms with Gasteiger partial charge in [0, 0.05) is 31.4 Å².